The van der Waals surface area contributed by atoms with Crippen molar-refractivity contribution in [2.24, 2.45) is 0 Å². The summed E-state index contributed by atoms with van der Waals surface area (Å²) < 4.78 is 2.32. The number of rotatable bonds is 6. The number of anilines is 1. The summed E-state index contributed by atoms with van der Waals surface area (Å²) in [6, 6.07) is 13.7. The quantitative estimate of drug-likeness (QED) is 0.232. The summed E-state index contributed by atoms with van der Waals surface area (Å²) in [5.74, 6) is 0. The van der Waals surface area contributed by atoms with Crippen molar-refractivity contribution in [1.82, 2.24) is 19.4 Å². The highest BCUT2D eigenvalue weighted by atomic mass is 32.2. The van der Waals surface area contributed by atoms with Crippen LogP contribution in [0.1, 0.15) is 13.8 Å². The molecule has 170 valence electrons. The predicted molar refractivity (Wildman–Crippen MR) is 133 cm³/mol. The number of aromatic nitrogens is 3. The number of pyridine rings is 1. The molecule has 3 heterocycles. The maximum absolute atomic E-state index is 11.4. The first-order chi connectivity index (χ1) is 16.0. The maximum atomic E-state index is 11.4. The number of piperazine rings is 1. The number of thioether (sulfide) groups is 1. The molecule has 4 aromatic rings. The molecule has 0 radical (unpaired) electrons. The second kappa shape index (κ2) is 8.99. The number of nitrogens with zero attached hydrogens (tertiary/aromatic N) is 6. The Morgan fingerprint density at radius 3 is 2.61 bits per heavy atom. The molecule has 2 aromatic carbocycles. The molecule has 1 aliphatic heterocycles. The summed E-state index contributed by atoms with van der Waals surface area (Å²) in [5, 5.41) is 14.4. The minimum atomic E-state index is -0.339. The number of fused-ring (bicyclic) bond motifs is 2. The van der Waals surface area contributed by atoms with E-state index >= 15 is 0 Å². The molecule has 1 aliphatic rings. The van der Waals surface area contributed by atoms with E-state index in [9.17, 15) is 10.1 Å². The van der Waals surface area contributed by atoms with Crippen LogP contribution in [0.3, 0.4) is 0 Å². The van der Waals surface area contributed by atoms with Gasteiger partial charge in [0.2, 0.25) is 0 Å². The first-order valence-electron chi connectivity index (χ1n) is 11.1. The average molecular weight is 463 g/mol. The Morgan fingerprint density at radius 2 is 1.85 bits per heavy atom. The molecule has 0 amide bonds. The van der Waals surface area contributed by atoms with Gasteiger partial charge in [-0.1, -0.05) is 37.7 Å². The van der Waals surface area contributed by atoms with Gasteiger partial charge in [0.1, 0.15) is 0 Å². The average Bonchev–Trinajstić information content (AvgIpc) is 3.15. The molecule has 0 atom stereocenters. The molecule has 0 bridgehead atoms. The van der Waals surface area contributed by atoms with Crippen molar-refractivity contribution >= 4 is 44.9 Å². The van der Waals surface area contributed by atoms with E-state index in [2.05, 4.69) is 51.4 Å². The van der Waals surface area contributed by atoms with Crippen LogP contribution in [-0.2, 0) is 6.67 Å². The number of nitro groups is 1. The molecular formula is C24H26N6O2S. The smallest absolute Gasteiger partial charge is 0.278 e. The fourth-order valence-corrected chi connectivity index (χ4v) is 5.27. The lowest BCUT2D eigenvalue weighted by Crippen LogP contribution is -2.46. The van der Waals surface area contributed by atoms with Gasteiger partial charge in [-0.3, -0.25) is 20.0 Å². The normalized spacial score (nSPS) is 15.1. The third kappa shape index (κ3) is 4.26. The summed E-state index contributed by atoms with van der Waals surface area (Å²) in [7, 11) is 0. The predicted octanol–water partition coefficient (Wildman–Crippen LogP) is 4.77. The van der Waals surface area contributed by atoms with E-state index in [4.69, 9.17) is 4.98 Å². The van der Waals surface area contributed by atoms with E-state index in [1.165, 1.54) is 0 Å². The largest absolute Gasteiger partial charge is 0.368 e. The molecule has 9 heteroatoms. The van der Waals surface area contributed by atoms with Crippen LogP contribution in [-0.4, -0.2) is 55.8 Å². The second-order valence-electron chi connectivity index (χ2n) is 8.51. The number of imidazole rings is 1. The monoisotopic (exact) mass is 462 g/mol. The van der Waals surface area contributed by atoms with Gasteiger partial charge >= 0.3 is 0 Å². The van der Waals surface area contributed by atoms with Crippen LogP contribution in [0.5, 0.6) is 0 Å². The summed E-state index contributed by atoms with van der Waals surface area (Å²) in [4.78, 5) is 24.8. The number of para-hydroxylation sites is 2. The first-order valence-corrected chi connectivity index (χ1v) is 12.0. The van der Waals surface area contributed by atoms with Gasteiger partial charge in [-0.2, -0.15) is 0 Å². The number of hydrogen-bond acceptors (Lipinski definition) is 7. The molecule has 0 spiro atoms. The van der Waals surface area contributed by atoms with Gasteiger partial charge in [0.15, 0.2) is 5.16 Å². The van der Waals surface area contributed by atoms with E-state index < -0.39 is 0 Å². The standard InChI is InChI=1S/C24H26N6O2S/c1-17(2)33-24-26-20-5-3-4-6-23(20)29(24)16-27-11-13-28(14-12-27)21-7-8-22(30(31)32)19-15-25-10-9-18(19)21/h3-10,15,17H,11-14,16H2,1-2H3. The molecule has 0 aliphatic carbocycles. The van der Waals surface area contributed by atoms with Crippen molar-refractivity contribution in [1.29, 1.82) is 0 Å². The van der Waals surface area contributed by atoms with Crippen molar-refractivity contribution in [2.75, 3.05) is 31.1 Å². The highest BCUT2D eigenvalue weighted by Gasteiger charge is 2.23. The third-order valence-electron chi connectivity index (χ3n) is 5.98. The molecule has 0 N–H and O–H groups in total. The Balaban J connectivity index is 1.36. The van der Waals surface area contributed by atoms with Crippen molar-refractivity contribution in [2.45, 2.75) is 30.9 Å². The molecule has 1 fully saturated rings. The lowest BCUT2D eigenvalue weighted by atomic mass is 10.1. The van der Waals surface area contributed by atoms with E-state index in [1.54, 1.807) is 30.2 Å². The molecule has 2 aromatic heterocycles. The number of non-ortho nitro benzene ring substituents is 1. The van der Waals surface area contributed by atoms with Crippen LogP contribution in [0, 0.1) is 10.1 Å². The molecular weight excluding hydrogens is 436 g/mol. The Labute approximate surface area is 196 Å². The highest BCUT2D eigenvalue weighted by molar-refractivity contribution is 7.99. The highest BCUT2D eigenvalue weighted by Crippen LogP contribution is 2.34. The van der Waals surface area contributed by atoms with E-state index in [0.29, 0.717) is 10.6 Å². The first kappa shape index (κ1) is 21.7. The molecule has 0 saturated carbocycles. The number of nitro benzene ring substituents is 1. The number of hydrogen-bond donors (Lipinski definition) is 0. The zero-order chi connectivity index (χ0) is 22.9. The second-order valence-corrected chi connectivity index (χ2v) is 10.1. The van der Waals surface area contributed by atoms with Gasteiger partial charge in [-0.05, 0) is 24.3 Å². The van der Waals surface area contributed by atoms with E-state index in [0.717, 1.165) is 60.1 Å². The fourth-order valence-electron chi connectivity index (χ4n) is 4.42. The van der Waals surface area contributed by atoms with Gasteiger partial charge in [-0.15, -0.1) is 0 Å². The molecule has 33 heavy (non-hydrogen) atoms. The summed E-state index contributed by atoms with van der Waals surface area (Å²) in [6.07, 6.45) is 3.29. The molecule has 0 unspecified atom stereocenters. The summed E-state index contributed by atoms with van der Waals surface area (Å²) in [6.45, 7) is 8.70. The SMILES string of the molecule is CC(C)Sc1nc2ccccc2n1CN1CCN(c2ccc([N+](=O)[O-])c3cnccc23)CC1. The van der Waals surface area contributed by atoms with Gasteiger partial charge in [0.05, 0.1) is 28.0 Å². The lowest BCUT2D eigenvalue weighted by Gasteiger charge is -2.37. The Hall–Kier alpha value is -3.17. The fraction of sp³-hybridized carbons (Fsp3) is 0.333. The molecule has 1 saturated heterocycles. The van der Waals surface area contributed by atoms with Crippen LogP contribution in [0.2, 0.25) is 0 Å². The van der Waals surface area contributed by atoms with E-state index in [-0.39, 0.29) is 10.6 Å². The third-order valence-corrected chi connectivity index (χ3v) is 6.98. The minimum absolute atomic E-state index is 0.0997. The van der Waals surface area contributed by atoms with Crippen molar-refractivity contribution in [3.8, 4) is 0 Å². The minimum Gasteiger partial charge on any atom is -0.368 e. The van der Waals surface area contributed by atoms with Crippen molar-refractivity contribution in [3.63, 3.8) is 0 Å². The van der Waals surface area contributed by atoms with Crippen LogP contribution in [0.4, 0.5) is 11.4 Å². The van der Waals surface area contributed by atoms with Gasteiger partial charge < -0.3 is 9.47 Å². The van der Waals surface area contributed by atoms with Gasteiger partial charge in [0.25, 0.3) is 5.69 Å². The van der Waals surface area contributed by atoms with Crippen LogP contribution < -0.4 is 4.90 Å². The summed E-state index contributed by atoms with van der Waals surface area (Å²) >= 11 is 1.80. The van der Waals surface area contributed by atoms with Gasteiger partial charge in [0, 0.05) is 61.0 Å². The zero-order valence-corrected chi connectivity index (χ0v) is 19.5. The van der Waals surface area contributed by atoms with Crippen molar-refractivity contribution < 1.29 is 4.92 Å². The lowest BCUT2D eigenvalue weighted by molar-refractivity contribution is -0.383. The molecule has 8 nitrogen and oxygen atoms in total. The van der Waals surface area contributed by atoms with E-state index in [1.807, 2.05) is 18.2 Å². The summed E-state index contributed by atoms with van der Waals surface area (Å²) in [5.41, 5.74) is 3.33. The van der Waals surface area contributed by atoms with Crippen LogP contribution in [0.25, 0.3) is 21.8 Å². The van der Waals surface area contributed by atoms with Crippen LogP contribution >= 0.6 is 11.8 Å². The Morgan fingerprint density at radius 1 is 1.06 bits per heavy atom. The van der Waals surface area contributed by atoms with Crippen molar-refractivity contribution in [3.05, 3.63) is 65.0 Å². The maximum Gasteiger partial charge on any atom is 0.278 e. The molecule has 5 rings (SSSR count). The Bertz CT molecular complexity index is 1310. The topological polar surface area (TPSA) is 80.3 Å². The number of benzene rings is 2. The zero-order valence-electron chi connectivity index (χ0n) is 18.7. The van der Waals surface area contributed by atoms with Crippen LogP contribution in [0.15, 0.2) is 60.0 Å². The van der Waals surface area contributed by atoms with Gasteiger partial charge in [-0.25, -0.2) is 4.98 Å². The Kier molecular flexibility index (Phi) is 5.90.